The Labute approximate surface area is 299 Å². The molecule has 9 heteroatoms. The van der Waals surface area contributed by atoms with E-state index in [1.165, 1.54) is 0 Å². The van der Waals surface area contributed by atoms with Crippen LogP contribution < -0.4 is 10.6 Å². The first-order chi connectivity index (χ1) is 24.8. The highest BCUT2D eigenvalue weighted by Gasteiger charge is 2.33. The highest BCUT2D eigenvalue weighted by molar-refractivity contribution is 5.75. The number of aliphatic hydroxyl groups is 2. The molecule has 0 aromatic heterocycles. The monoisotopic (exact) mass is 687 g/mol. The van der Waals surface area contributed by atoms with E-state index in [-0.39, 0.29) is 30.6 Å². The summed E-state index contributed by atoms with van der Waals surface area (Å²) in [5, 5.41) is 36.2. The molecule has 0 unspecified atom stereocenters. The number of carbonyl (C=O) groups is 1. The molecule has 2 amide bonds. The molecule has 5 aromatic rings. The lowest BCUT2D eigenvalue weighted by molar-refractivity contribution is -0.252. The Hall–Kier alpha value is -5.03. The van der Waals surface area contributed by atoms with Crippen molar-refractivity contribution in [2.45, 2.75) is 50.7 Å². The molecule has 0 bridgehead atoms. The van der Waals surface area contributed by atoms with E-state index in [1.807, 2.05) is 115 Å². The summed E-state index contributed by atoms with van der Waals surface area (Å²) in [6.45, 7) is 1.72. The molecule has 5 aromatic carbocycles. The van der Waals surface area contributed by atoms with Gasteiger partial charge >= 0.3 is 6.03 Å². The van der Waals surface area contributed by atoms with Crippen molar-refractivity contribution in [2.75, 3.05) is 20.1 Å². The average Bonchev–Trinajstić information content (AvgIpc) is 3.16. The third-order valence-corrected chi connectivity index (χ3v) is 9.12. The number of ether oxygens (including phenoxy) is 2. The van der Waals surface area contributed by atoms with Gasteiger partial charge in [0.1, 0.15) is 5.75 Å². The minimum Gasteiger partial charge on any atom is -0.508 e. The fourth-order valence-corrected chi connectivity index (χ4v) is 6.38. The topological polar surface area (TPSA) is 124 Å². The number of rotatable bonds is 13. The van der Waals surface area contributed by atoms with E-state index in [4.69, 9.17) is 9.47 Å². The molecule has 6 rings (SSSR count). The summed E-state index contributed by atoms with van der Waals surface area (Å²) in [4.78, 5) is 14.6. The maximum Gasteiger partial charge on any atom is 0.315 e. The molecule has 0 aliphatic carbocycles. The Balaban J connectivity index is 1.14. The normalized spacial score (nSPS) is 17.9. The molecular weight excluding hydrogens is 642 g/mol. The largest absolute Gasteiger partial charge is 0.508 e. The van der Waals surface area contributed by atoms with Crippen LogP contribution in [-0.2, 0) is 29.2 Å². The van der Waals surface area contributed by atoms with Crippen LogP contribution in [0.2, 0.25) is 0 Å². The van der Waals surface area contributed by atoms with E-state index in [0.717, 1.165) is 38.9 Å². The van der Waals surface area contributed by atoms with Crippen LogP contribution in [0.5, 0.6) is 5.75 Å². The summed E-state index contributed by atoms with van der Waals surface area (Å²) in [6.07, 6.45) is -1.24. The number of benzene rings is 5. The second kappa shape index (κ2) is 17.3. The number of likely N-dealkylation sites (N-methyl/N-ethyl adjacent to an activating group) is 1. The number of aromatic hydroxyl groups is 1. The van der Waals surface area contributed by atoms with Gasteiger partial charge in [0.25, 0.3) is 0 Å². The van der Waals surface area contributed by atoms with E-state index >= 15 is 0 Å². The van der Waals surface area contributed by atoms with Crippen molar-refractivity contribution in [3.63, 3.8) is 0 Å². The van der Waals surface area contributed by atoms with E-state index in [0.29, 0.717) is 38.2 Å². The zero-order valence-electron chi connectivity index (χ0n) is 28.7. The molecule has 4 atom stereocenters. The first-order valence-corrected chi connectivity index (χ1v) is 17.2. The SMILES string of the molecule is CN(C[C@H]1C[C@@H](c2ccc(CO)cc2)O[C@@H](c2ccc(-c3ccccc3CNC(=O)NCc3ccccc3)cc2)O1)C[C@@H](O)c1cccc(O)c1. The van der Waals surface area contributed by atoms with Crippen LogP contribution in [0.15, 0.2) is 127 Å². The number of hydrogen-bond acceptors (Lipinski definition) is 7. The van der Waals surface area contributed by atoms with Gasteiger partial charge in [-0.05, 0) is 58.1 Å². The second-order valence-electron chi connectivity index (χ2n) is 13.0. The van der Waals surface area contributed by atoms with Gasteiger partial charge in [0.15, 0.2) is 6.29 Å². The van der Waals surface area contributed by atoms with Crippen molar-refractivity contribution >= 4 is 6.03 Å². The molecular formula is C42H45N3O6. The van der Waals surface area contributed by atoms with Crippen LogP contribution in [0.4, 0.5) is 4.79 Å². The lowest BCUT2D eigenvalue weighted by atomic mass is 9.97. The Kier molecular flexibility index (Phi) is 12.1. The highest BCUT2D eigenvalue weighted by atomic mass is 16.7. The highest BCUT2D eigenvalue weighted by Crippen LogP contribution is 2.39. The van der Waals surface area contributed by atoms with Crippen LogP contribution in [0.25, 0.3) is 11.1 Å². The summed E-state index contributed by atoms with van der Waals surface area (Å²) >= 11 is 0. The fraction of sp³-hybridized carbons (Fsp3) is 0.262. The van der Waals surface area contributed by atoms with Gasteiger partial charge in [-0.25, -0.2) is 4.79 Å². The Morgan fingerprint density at radius 1 is 0.804 bits per heavy atom. The lowest BCUT2D eigenvalue weighted by Gasteiger charge is -2.38. The molecule has 9 nitrogen and oxygen atoms in total. The van der Waals surface area contributed by atoms with Crippen LogP contribution in [0.1, 0.15) is 58.3 Å². The molecule has 1 fully saturated rings. The standard InChI is InChI=1S/C42H45N3O6/c1-45(27-39(48)34-11-7-12-36(47)22-34)26-37-23-40(32-16-14-30(28-46)15-17-32)51-41(50-37)33-20-18-31(19-21-33)38-13-6-5-10-35(38)25-44-42(49)43-24-29-8-3-2-4-9-29/h2-22,37,39-41,46-48H,23-28H2,1H3,(H2,43,44,49)/t37-,39-,40+,41+/m1/s1. The van der Waals surface area contributed by atoms with Gasteiger partial charge in [-0.15, -0.1) is 0 Å². The van der Waals surface area contributed by atoms with Crippen molar-refractivity contribution in [1.29, 1.82) is 0 Å². The van der Waals surface area contributed by atoms with Gasteiger partial charge in [-0.3, -0.25) is 0 Å². The predicted molar refractivity (Wildman–Crippen MR) is 196 cm³/mol. The van der Waals surface area contributed by atoms with Crippen molar-refractivity contribution in [3.8, 4) is 16.9 Å². The molecule has 1 aliphatic heterocycles. The quantitative estimate of drug-likeness (QED) is 0.0927. The van der Waals surface area contributed by atoms with E-state index in [2.05, 4.69) is 10.6 Å². The van der Waals surface area contributed by atoms with Gasteiger partial charge < -0.3 is 40.3 Å². The zero-order valence-corrected chi connectivity index (χ0v) is 28.7. The Morgan fingerprint density at radius 2 is 1.51 bits per heavy atom. The molecule has 264 valence electrons. The molecule has 0 radical (unpaired) electrons. The Morgan fingerprint density at radius 3 is 2.25 bits per heavy atom. The molecule has 1 heterocycles. The number of nitrogens with one attached hydrogen (secondary N) is 2. The van der Waals surface area contributed by atoms with Gasteiger partial charge in [0.05, 0.1) is 24.9 Å². The number of amides is 2. The fourth-order valence-electron chi connectivity index (χ4n) is 6.38. The van der Waals surface area contributed by atoms with Gasteiger partial charge in [0, 0.05) is 38.2 Å². The minimum absolute atomic E-state index is 0.0283. The average molecular weight is 688 g/mol. The van der Waals surface area contributed by atoms with E-state index in [9.17, 15) is 20.1 Å². The van der Waals surface area contributed by atoms with Gasteiger partial charge in [-0.1, -0.05) is 115 Å². The lowest BCUT2D eigenvalue weighted by Crippen LogP contribution is -2.39. The summed E-state index contributed by atoms with van der Waals surface area (Å²) < 4.78 is 13.1. The number of aliphatic hydroxyl groups excluding tert-OH is 2. The molecule has 5 N–H and O–H groups in total. The summed E-state index contributed by atoms with van der Waals surface area (Å²) in [5.41, 5.74) is 7.41. The maximum absolute atomic E-state index is 12.6. The first kappa shape index (κ1) is 35.8. The van der Waals surface area contributed by atoms with Gasteiger partial charge in [0.2, 0.25) is 0 Å². The molecule has 0 spiro atoms. The predicted octanol–water partition coefficient (Wildman–Crippen LogP) is 6.76. The number of urea groups is 1. The van der Waals surface area contributed by atoms with Crippen LogP contribution >= 0.6 is 0 Å². The summed E-state index contributed by atoms with van der Waals surface area (Å²) in [6, 6.07) is 40.2. The number of phenolic OH excluding ortho intramolecular Hbond substituents is 1. The zero-order chi connectivity index (χ0) is 35.6. The van der Waals surface area contributed by atoms with Crippen LogP contribution in [0, 0.1) is 0 Å². The third kappa shape index (κ3) is 9.82. The maximum atomic E-state index is 12.6. The van der Waals surface area contributed by atoms with Crippen molar-refractivity contribution in [1.82, 2.24) is 15.5 Å². The van der Waals surface area contributed by atoms with E-state index < -0.39 is 12.4 Å². The molecule has 0 saturated carbocycles. The van der Waals surface area contributed by atoms with Crippen LogP contribution in [0.3, 0.4) is 0 Å². The number of hydrogen-bond donors (Lipinski definition) is 5. The molecule has 1 aliphatic rings. The smallest absolute Gasteiger partial charge is 0.315 e. The van der Waals surface area contributed by atoms with Crippen molar-refractivity contribution in [2.24, 2.45) is 0 Å². The number of nitrogens with zero attached hydrogens (tertiary/aromatic N) is 1. The minimum atomic E-state index is -0.770. The summed E-state index contributed by atoms with van der Waals surface area (Å²) in [7, 11) is 1.94. The number of phenols is 1. The van der Waals surface area contributed by atoms with Gasteiger partial charge in [-0.2, -0.15) is 0 Å². The summed E-state index contributed by atoms with van der Waals surface area (Å²) in [5.74, 6) is 0.118. The Bertz CT molecular complexity index is 1850. The first-order valence-electron chi connectivity index (χ1n) is 17.2. The second-order valence-corrected chi connectivity index (χ2v) is 13.0. The molecule has 1 saturated heterocycles. The van der Waals surface area contributed by atoms with Crippen LogP contribution in [-0.4, -0.2) is 52.5 Å². The number of carbonyl (C=O) groups excluding carboxylic acids is 1. The molecule has 51 heavy (non-hydrogen) atoms. The van der Waals surface area contributed by atoms with Crippen molar-refractivity contribution in [3.05, 3.63) is 161 Å². The van der Waals surface area contributed by atoms with E-state index in [1.54, 1.807) is 24.3 Å². The third-order valence-electron chi connectivity index (χ3n) is 9.12. The van der Waals surface area contributed by atoms with Crippen molar-refractivity contribution < 1.29 is 29.6 Å².